The summed E-state index contributed by atoms with van der Waals surface area (Å²) in [6.07, 6.45) is 11.3. The fourth-order valence-corrected chi connectivity index (χ4v) is 3.81. The van der Waals surface area contributed by atoms with E-state index in [1.165, 1.54) is 51.4 Å². The van der Waals surface area contributed by atoms with Gasteiger partial charge in [-0.05, 0) is 44.6 Å². The third-order valence-corrected chi connectivity index (χ3v) is 5.08. The van der Waals surface area contributed by atoms with Crippen molar-refractivity contribution in [2.45, 2.75) is 91.2 Å². The number of hydrogen-bond donors (Lipinski definition) is 1. The Labute approximate surface area is 127 Å². The van der Waals surface area contributed by atoms with Crippen molar-refractivity contribution >= 4 is 0 Å². The molecule has 1 rings (SSSR count). The molecule has 0 aliphatic heterocycles. The normalized spacial score (nSPS) is 20.2. The van der Waals surface area contributed by atoms with Crippen molar-refractivity contribution < 1.29 is 4.74 Å². The SMILES string of the molecule is CCNC(CC(CC)CC)C(OCC)C1CCCCC1. The molecule has 0 saturated heterocycles. The predicted molar refractivity (Wildman–Crippen MR) is 88.1 cm³/mol. The van der Waals surface area contributed by atoms with Crippen LogP contribution in [-0.2, 0) is 4.74 Å². The highest BCUT2D eigenvalue weighted by molar-refractivity contribution is 4.86. The Balaban J connectivity index is 2.69. The summed E-state index contributed by atoms with van der Waals surface area (Å²) in [6.45, 7) is 10.9. The van der Waals surface area contributed by atoms with Crippen LogP contribution in [0.4, 0.5) is 0 Å². The lowest BCUT2D eigenvalue weighted by Gasteiger charge is -2.37. The minimum atomic E-state index is 0.431. The van der Waals surface area contributed by atoms with Crippen LogP contribution in [-0.4, -0.2) is 25.3 Å². The van der Waals surface area contributed by atoms with Crippen molar-refractivity contribution in [3.63, 3.8) is 0 Å². The van der Waals surface area contributed by atoms with Crippen LogP contribution in [0.3, 0.4) is 0 Å². The average molecular weight is 284 g/mol. The monoisotopic (exact) mass is 283 g/mol. The van der Waals surface area contributed by atoms with E-state index in [0.29, 0.717) is 12.1 Å². The van der Waals surface area contributed by atoms with E-state index in [0.717, 1.165) is 25.0 Å². The van der Waals surface area contributed by atoms with Crippen LogP contribution in [0, 0.1) is 11.8 Å². The van der Waals surface area contributed by atoms with Gasteiger partial charge in [0.15, 0.2) is 0 Å². The van der Waals surface area contributed by atoms with E-state index >= 15 is 0 Å². The molecule has 0 spiro atoms. The molecule has 0 heterocycles. The Morgan fingerprint density at radius 2 is 1.65 bits per heavy atom. The van der Waals surface area contributed by atoms with Crippen LogP contribution in [0.2, 0.25) is 0 Å². The molecule has 1 N–H and O–H groups in total. The van der Waals surface area contributed by atoms with Crippen LogP contribution in [0.5, 0.6) is 0 Å². The van der Waals surface area contributed by atoms with Gasteiger partial charge in [0.1, 0.15) is 0 Å². The molecular weight excluding hydrogens is 246 g/mol. The number of nitrogens with one attached hydrogen (secondary N) is 1. The van der Waals surface area contributed by atoms with Gasteiger partial charge in [-0.15, -0.1) is 0 Å². The molecule has 0 radical (unpaired) electrons. The maximum absolute atomic E-state index is 6.22. The number of rotatable bonds is 10. The van der Waals surface area contributed by atoms with Gasteiger partial charge in [0.2, 0.25) is 0 Å². The first kappa shape index (κ1) is 18.0. The average Bonchev–Trinajstić information content (AvgIpc) is 2.50. The molecule has 0 aromatic rings. The lowest BCUT2D eigenvalue weighted by Crippen LogP contribution is -2.47. The van der Waals surface area contributed by atoms with E-state index in [4.69, 9.17) is 4.74 Å². The van der Waals surface area contributed by atoms with Gasteiger partial charge in [-0.3, -0.25) is 0 Å². The molecule has 2 heteroatoms. The second-order valence-corrected chi connectivity index (χ2v) is 6.40. The Kier molecular flexibility index (Phi) is 9.54. The van der Waals surface area contributed by atoms with Gasteiger partial charge in [-0.25, -0.2) is 0 Å². The fraction of sp³-hybridized carbons (Fsp3) is 1.00. The Bertz CT molecular complexity index is 221. The third-order valence-electron chi connectivity index (χ3n) is 5.08. The molecule has 0 amide bonds. The van der Waals surface area contributed by atoms with Crippen molar-refractivity contribution in [2.75, 3.05) is 13.2 Å². The highest BCUT2D eigenvalue weighted by atomic mass is 16.5. The second-order valence-electron chi connectivity index (χ2n) is 6.40. The highest BCUT2D eigenvalue weighted by Gasteiger charge is 2.31. The van der Waals surface area contributed by atoms with Crippen LogP contribution in [0.15, 0.2) is 0 Å². The first-order valence-electron chi connectivity index (χ1n) is 9.11. The maximum Gasteiger partial charge on any atom is 0.0756 e. The van der Waals surface area contributed by atoms with Gasteiger partial charge in [-0.2, -0.15) is 0 Å². The van der Waals surface area contributed by atoms with Crippen molar-refractivity contribution in [2.24, 2.45) is 11.8 Å². The Morgan fingerprint density at radius 3 is 2.15 bits per heavy atom. The first-order chi connectivity index (χ1) is 9.76. The number of hydrogen-bond acceptors (Lipinski definition) is 2. The van der Waals surface area contributed by atoms with E-state index in [1.54, 1.807) is 0 Å². The minimum Gasteiger partial charge on any atom is -0.377 e. The summed E-state index contributed by atoms with van der Waals surface area (Å²) in [7, 11) is 0. The van der Waals surface area contributed by atoms with E-state index in [2.05, 4.69) is 33.0 Å². The zero-order valence-corrected chi connectivity index (χ0v) is 14.3. The standard InChI is InChI=1S/C18H37NO/c1-5-15(6-2)14-17(19-7-3)18(20-8-4)16-12-10-9-11-13-16/h15-19H,5-14H2,1-4H3. The Hall–Kier alpha value is -0.0800. The van der Waals surface area contributed by atoms with Gasteiger partial charge in [0, 0.05) is 12.6 Å². The third kappa shape index (κ3) is 5.73. The molecule has 2 atom stereocenters. The molecule has 0 bridgehead atoms. The van der Waals surface area contributed by atoms with Crippen molar-refractivity contribution in [1.82, 2.24) is 5.32 Å². The number of likely N-dealkylation sites (N-methyl/N-ethyl adjacent to an activating group) is 1. The second kappa shape index (κ2) is 10.6. The van der Waals surface area contributed by atoms with Crippen molar-refractivity contribution in [3.05, 3.63) is 0 Å². The van der Waals surface area contributed by atoms with Crippen LogP contribution < -0.4 is 5.32 Å². The lowest BCUT2D eigenvalue weighted by atomic mass is 9.80. The molecule has 120 valence electrons. The summed E-state index contributed by atoms with van der Waals surface area (Å²) >= 11 is 0. The number of ether oxygens (including phenoxy) is 1. The van der Waals surface area contributed by atoms with E-state index in [-0.39, 0.29) is 0 Å². The molecular formula is C18H37NO. The van der Waals surface area contributed by atoms with Crippen molar-refractivity contribution in [1.29, 1.82) is 0 Å². The zero-order valence-electron chi connectivity index (χ0n) is 14.3. The van der Waals surface area contributed by atoms with E-state index in [9.17, 15) is 0 Å². The smallest absolute Gasteiger partial charge is 0.0756 e. The molecule has 1 aliphatic rings. The summed E-state index contributed by atoms with van der Waals surface area (Å²) in [5, 5.41) is 3.74. The molecule has 20 heavy (non-hydrogen) atoms. The van der Waals surface area contributed by atoms with Gasteiger partial charge in [-0.1, -0.05) is 52.9 Å². The molecule has 0 aromatic carbocycles. The summed E-state index contributed by atoms with van der Waals surface area (Å²) in [6, 6.07) is 0.549. The van der Waals surface area contributed by atoms with E-state index in [1.807, 2.05) is 0 Å². The lowest BCUT2D eigenvalue weighted by molar-refractivity contribution is -0.0226. The quantitative estimate of drug-likeness (QED) is 0.623. The first-order valence-corrected chi connectivity index (χ1v) is 9.11. The van der Waals surface area contributed by atoms with Crippen LogP contribution in [0.1, 0.15) is 79.1 Å². The molecule has 1 saturated carbocycles. The summed E-state index contributed by atoms with van der Waals surface area (Å²) in [4.78, 5) is 0. The van der Waals surface area contributed by atoms with Crippen molar-refractivity contribution in [3.8, 4) is 0 Å². The van der Waals surface area contributed by atoms with Crippen LogP contribution >= 0.6 is 0 Å². The van der Waals surface area contributed by atoms with Gasteiger partial charge < -0.3 is 10.1 Å². The van der Waals surface area contributed by atoms with Gasteiger partial charge >= 0.3 is 0 Å². The van der Waals surface area contributed by atoms with Crippen LogP contribution in [0.25, 0.3) is 0 Å². The summed E-state index contributed by atoms with van der Waals surface area (Å²) in [5.74, 6) is 1.62. The predicted octanol–water partition coefficient (Wildman–Crippen LogP) is 4.78. The molecule has 1 aliphatic carbocycles. The summed E-state index contributed by atoms with van der Waals surface area (Å²) < 4.78 is 6.22. The molecule has 2 nitrogen and oxygen atoms in total. The van der Waals surface area contributed by atoms with Gasteiger partial charge in [0.25, 0.3) is 0 Å². The molecule has 1 fully saturated rings. The molecule has 2 unspecified atom stereocenters. The highest BCUT2D eigenvalue weighted by Crippen LogP contribution is 2.31. The molecule has 0 aromatic heterocycles. The maximum atomic E-state index is 6.22. The fourth-order valence-electron chi connectivity index (χ4n) is 3.81. The van der Waals surface area contributed by atoms with Gasteiger partial charge in [0.05, 0.1) is 6.10 Å². The zero-order chi connectivity index (χ0) is 14.8. The largest absolute Gasteiger partial charge is 0.377 e. The summed E-state index contributed by atoms with van der Waals surface area (Å²) in [5.41, 5.74) is 0. The van der Waals surface area contributed by atoms with E-state index < -0.39 is 0 Å². The minimum absolute atomic E-state index is 0.431. The Morgan fingerprint density at radius 1 is 1.00 bits per heavy atom. The topological polar surface area (TPSA) is 21.3 Å².